The summed E-state index contributed by atoms with van der Waals surface area (Å²) in [6, 6.07) is 12.1. The van der Waals surface area contributed by atoms with Gasteiger partial charge >= 0.3 is 0 Å². The second-order valence-corrected chi connectivity index (χ2v) is 8.24. The van der Waals surface area contributed by atoms with E-state index in [1.54, 1.807) is 0 Å². The number of carbonyl (C=O) groups excluding carboxylic acids is 2. The molecule has 0 spiro atoms. The molecule has 1 saturated carbocycles. The van der Waals surface area contributed by atoms with E-state index in [-0.39, 0.29) is 11.8 Å². The zero-order chi connectivity index (χ0) is 19.7. The van der Waals surface area contributed by atoms with Crippen LogP contribution in [0.25, 0.3) is 0 Å². The van der Waals surface area contributed by atoms with E-state index in [4.69, 9.17) is 0 Å². The van der Waals surface area contributed by atoms with Crippen molar-refractivity contribution in [1.82, 2.24) is 5.32 Å². The zero-order valence-corrected chi connectivity index (χ0v) is 16.8. The SMILES string of the molecule is Cc1cc(C)cc(C(=O)NCc2ccc3c(c2)CCCN3C(=O)C2CCC2)c1. The standard InChI is InChI=1S/C24H28N2O2/c1-16-11-17(2)13-21(12-16)23(27)25-15-18-8-9-22-20(14-18)7-4-10-26(22)24(28)19-5-3-6-19/h8-9,11-14,19H,3-7,10,15H2,1-2H3,(H,25,27). The van der Waals surface area contributed by atoms with Gasteiger partial charge in [-0.05, 0) is 68.9 Å². The third-order valence-corrected chi connectivity index (χ3v) is 5.92. The number of amides is 2. The van der Waals surface area contributed by atoms with Gasteiger partial charge in [-0.2, -0.15) is 0 Å². The second-order valence-electron chi connectivity index (χ2n) is 8.24. The number of benzene rings is 2. The molecule has 4 nitrogen and oxygen atoms in total. The van der Waals surface area contributed by atoms with E-state index < -0.39 is 0 Å². The van der Waals surface area contributed by atoms with Crippen LogP contribution in [0, 0.1) is 19.8 Å². The molecule has 0 radical (unpaired) electrons. The lowest BCUT2D eigenvalue weighted by Crippen LogP contribution is -2.41. The fourth-order valence-corrected chi connectivity index (χ4v) is 4.26. The first-order valence-electron chi connectivity index (χ1n) is 10.3. The van der Waals surface area contributed by atoms with Gasteiger partial charge in [-0.3, -0.25) is 9.59 Å². The normalized spacial score (nSPS) is 16.3. The van der Waals surface area contributed by atoms with Crippen molar-refractivity contribution in [3.8, 4) is 0 Å². The Morgan fingerprint density at radius 2 is 1.79 bits per heavy atom. The van der Waals surface area contributed by atoms with Crippen LogP contribution in [0.2, 0.25) is 0 Å². The highest BCUT2D eigenvalue weighted by Gasteiger charge is 2.32. The summed E-state index contributed by atoms with van der Waals surface area (Å²) in [7, 11) is 0. The van der Waals surface area contributed by atoms with Crippen molar-refractivity contribution in [3.63, 3.8) is 0 Å². The Kier molecular flexibility index (Phi) is 5.21. The minimum atomic E-state index is -0.0497. The van der Waals surface area contributed by atoms with Crippen LogP contribution >= 0.6 is 0 Å². The van der Waals surface area contributed by atoms with Crippen molar-refractivity contribution in [2.45, 2.75) is 52.5 Å². The Bertz CT molecular complexity index is 895. The van der Waals surface area contributed by atoms with Gasteiger partial charge in [-0.1, -0.05) is 35.7 Å². The lowest BCUT2D eigenvalue weighted by Gasteiger charge is -2.35. The topological polar surface area (TPSA) is 49.4 Å². The Labute approximate surface area is 166 Å². The van der Waals surface area contributed by atoms with Crippen LogP contribution in [0.1, 0.15) is 58.3 Å². The highest BCUT2D eigenvalue weighted by atomic mass is 16.2. The second kappa shape index (κ2) is 7.78. The maximum absolute atomic E-state index is 12.7. The lowest BCUT2D eigenvalue weighted by atomic mass is 9.83. The smallest absolute Gasteiger partial charge is 0.251 e. The van der Waals surface area contributed by atoms with Crippen molar-refractivity contribution in [2.75, 3.05) is 11.4 Å². The van der Waals surface area contributed by atoms with Crippen LogP contribution in [-0.2, 0) is 17.8 Å². The third-order valence-electron chi connectivity index (χ3n) is 5.92. The van der Waals surface area contributed by atoms with Gasteiger partial charge in [-0.15, -0.1) is 0 Å². The molecular formula is C24H28N2O2. The molecule has 2 aliphatic rings. The molecule has 0 unspecified atom stereocenters. The number of carbonyl (C=O) groups is 2. The molecule has 1 fully saturated rings. The summed E-state index contributed by atoms with van der Waals surface area (Å²) >= 11 is 0. The molecule has 2 aromatic rings. The lowest BCUT2D eigenvalue weighted by molar-refractivity contribution is -0.124. The van der Waals surface area contributed by atoms with Crippen LogP contribution in [0.5, 0.6) is 0 Å². The number of hydrogen-bond donors (Lipinski definition) is 1. The number of fused-ring (bicyclic) bond motifs is 1. The summed E-state index contributed by atoms with van der Waals surface area (Å²) in [5, 5.41) is 3.03. The molecule has 0 atom stereocenters. The summed E-state index contributed by atoms with van der Waals surface area (Å²) in [5.74, 6) is 0.470. The number of nitrogens with one attached hydrogen (secondary N) is 1. The van der Waals surface area contributed by atoms with Gasteiger partial charge < -0.3 is 10.2 Å². The predicted octanol–water partition coefficient (Wildman–Crippen LogP) is 4.31. The van der Waals surface area contributed by atoms with Gasteiger partial charge in [0.05, 0.1) is 0 Å². The van der Waals surface area contributed by atoms with Crippen LogP contribution < -0.4 is 10.2 Å². The van der Waals surface area contributed by atoms with Gasteiger partial charge in [-0.25, -0.2) is 0 Å². The van der Waals surface area contributed by atoms with Crippen LogP contribution in [-0.4, -0.2) is 18.4 Å². The van der Waals surface area contributed by atoms with Gasteiger partial charge in [0.25, 0.3) is 5.91 Å². The molecule has 28 heavy (non-hydrogen) atoms. The first-order valence-corrected chi connectivity index (χ1v) is 10.3. The van der Waals surface area contributed by atoms with E-state index in [0.717, 1.165) is 54.6 Å². The van der Waals surface area contributed by atoms with Gasteiger partial charge in [0.1, 0.15) is 0 Å². The summed E-state index contributed by atoms with van der Waals surface area (Å²) < 4.78 is 0. The van der Waals surface area contributed by atoms with Crippen molar-refractivity contribution < 1.29 is 9.59 Å². The maximum atomic E-state index is 12.7. The van der Waals surface area contributed by atoms with Crippen molar-refractivity contribution >= 4 is 17.5 Å². The quantitative estimate of drug-likeness (QED) is 0.864. The molecule has 1 aliphatic heterocycles. The minimum absolute atomic E-state index is 0.0497. The fourth-order valence-electron chi connectivity index (χ4n) is 4.26. The average molecular weight is 377 g/mol. The third kappa shape index (κ3) is 3.82. The number of aryl methyl sites for hydroxylation is 3. The van der Waals surface area contributed by atoms with E-state index in [1.807, 2.05) is 36.9 Å². The molecule has 0 aromatic heterocycles. The van der Waals surface area contributed by atoms with Gasteiger partial charge in [0.2, 0.25) is 5.91 Å². The zero-order valence-electron chi connectivity index (χ0n) is 16.8. The Morgan fingerprint density at radius 3 is 2.46 bits per heavy atom. The molecule has 1 aliphatic carbocycles. The largest absolute Gasteiger partial charge is 0.348 e. The highest BCUT2D eigenvalue weighted by molar-refractivity contribution is 5.97. The monoisotopic (exact) mass is 376 g/mol. The molecule has 0 saturated heterocycles. The number of hydrogen-bond acceptors (Lipinski definition) is 2. The van der Waals surface area contributed by atoms with Gasteiger partial charge in [0.15, 0.2) is 0 Å². The summed E-state index contributed by atoms with van der Waals surface area (Å²) in [5.41, 5.74) is 6.25. The molecule has 4 rings (SSSR count). The van der Waals surface area contributed by atoms with E-state index in [0.29, 0.717) is 18.0 Å². The molecule has 4 heteroatoms. The average Bonchev–Trinajstić information content (AvgIpc) is 2.63. The molecule has 1 N–H and O–H groups in total. The van der Waals surface area contributed by atoms with Crippen LogP contribution in [0.15, 0.2) is 36.4 Å². The van der Waals surface area contributed by atoms with E-state index in [9.17, 15) is 9.59 Å². The summed E-state index contributed by atoms with van der Waals surface area (Å²) in [6.45, 7) is 5.33. The van der Waals surface area contributed by atoms with Crippen molar-refractivity contribution in [1.29, 1.82) is 0 Å². The first-order chi connectivity index (χ1) is 13.5. The van der Waals surface area contributed by atoms with E-state index >= 15 is 0 Å². The number of anilines is 1. The molecule has 146 valence electrons. The minimum Gasteiger partial charge on any atom is -0.348 e. The highest BCUT2D eigenvalue weighted by Crippen LogP contribution is 2.34. The fraction of sp³-hybridized carbons (Fsp3) is 0.417. The van der Waals surface area contributed by atoms with E-state index in [2.05, 4.69) is 23.5 Å². The van der Waals surface area contributed by atoms with Crippen LogP contribution in [0.3, 0.4) is 0 Å². The predicted molar refractivity (Wildman–Crippen MR) is 112 cm³/mol. The first kappa shape index (κ1) is 18.7. The molecular weight excluding hydrogens is 348 g/mol. The Balaban J connectivity index is 1.45. The number of rotatable bonds is 4. The maximum Gasteiger partial charge on any atom is 0.251 e. The molecule has 2 aromatic carbocycles. The van der Waals surface area contributed by atoms with Crippen molar-refractivity contribution in [2.24, 2.45) is 5.92 Å². The Morgan fingerprint density at radius 1 is 1.04 bits per heavy atom. The van der Waals surface area contributed by atoms with Gasteiger partial charge in [0, 0.05) is 30.3 Å². The summed E-state index contributed by atoms with van der Waals surface area (Å²) in [6.07, 6.45) is 5.24. The van der Waals surface area contributed by atoms with E-state index in [1.165, 1.54) is 12.0 Å². The number of nitrogens with zero attached hydrogens (tertiary/aromatic N) is 1. The van der Waals surface area contributed by atoms with Crippen LogP contribution in [0.4, 0.5) is 5.69 Å². The molecule has 1 heterocycles. The molecule has 2 amide bonds. The summed E-state index contributed by atoms with van der Waals surface area (Å²) in [4.78, 5) is 27.2. The molecule has 0 bridgehead atoms. The Hall–Kier alpha value is -2.62. The van der Waals surface area contributed by atoms with Crippen molar-refractivity contribution in [3.05, 3.63) is 64.2 Å².